The smallest absolute Gasteiger partial charge is 0.416 e. The number of methoxy groups -OCH3 is 2. The Morgan fingerprint density at radius 1 is 1.09 bits per heavy atom. The number of hydrogen-bond acceptors (Lipinski definition) is 7. The van der Waals surface area contributed by atoms with Gasteiger partial charge >= 0.3 is 18.1 Å². The lowest BCUT2D eigenvalue weighted by atomic mass is 10.1. The fourth-order valence-corrected chi connectivity index (χ4v) is 3.06. The van der Waals surface area contributed by atoms with Crippen molar-refractivity contribution < 1.29 is 46.5 Å². The topological polar surface area (TPSA) is 116 Å². The molecule has 34 heavy (non-hydrogen) atoms. The van der Waals surface area contributed by atoms with E-state index in [-0.39, 0.29) is 35.9 Å². The number of H-pyrrole nitrogens is 1. The van der Waals surface area contributed by atoms with Crippen molar-refractivity contribution in [3.8, 4) is 5.75 Å². The molecule has 9 nitrogen and oxygen atoms in total. The first-order chi connectivity index (χ1) is 16.0. The van der Waals surface area contributed by atoms with Gasteiger partial charge < -0.3 is 29.2 Å². The molecule has 0 bridgehead atoms. The van der Waals surface area contributed by atoms with E-state index in [1.165, 1.54) is 21.1 Å². The maximum atomic E-state index is 13.1. The highest BCUT2D eigenvalue weighted by Crippen LogP contribution is 2.35. The van der Waals surface area contributed by atoms with Gasteiger partial charge in [0, 0.05) is 12.8 Å². The molecule has 2 aromatic rings. The van der Waals surface area contributed by atoms with Gasteiger partial charge in [-0.15, -0.1) is 0 Å². The predicted octanol–water partition coefficient (Wildman–Crippen LogP) is 3.51. The number of ether oxygens (including phenoxy) is 4. The number of carbonyl (C=O) groups excluding carboxylic acids is 3. The number of anilines is 1. The van der Waals surface area contributed by atoms with Crippen LogP contribution in [0.2, 0.25) is 0 Å². The summed E-state index contributed by atoms with van der Waals surface area (Å²) in [5, 5.41) is 2.26. The second-order valence-corrected chi connectivity index (χ2v) is 7.00. The molecule has 0 aliphatic carbocycles. The largest absolute Gasteiger partial charge is 0.489 e. The molecule has 1 aromatic heterocycles. The van der Waals surface area contributed by atoms with E-state index in [0.717, 1.165) is 12.1 Å². The van der Waals surface area contributed by atoms with Crippen molar-refractivity contribution in [3.63, 3.8) is 0 Å². The number of halogens is 3. The Bertz CT molecular complexity index is 1050. The number of aromatic amines is 1. The minimum atomic E-state index is -4.64. The maximum absolute atomic E-state index is 13.1. The summed E-state index contributed by atoms with van der Waals surface area (Å²) < 4.78 is 59.2. The molecule has 1 amide bonds. The van der Waals surface area contributed by atoms with Gasteiger partial charge in [0.2, 0.25) is 0 Å². The minimum Gasteiger partial charge on any atom is -0.489 e. The zero-order valence-electron chi connectivity index (χ0n) is 19.1. The quantitative estimate of drug-likeness (QED) is 0.390. The van der Waals surface area contributed by atoms with Gasteiger partial charge in [0.05, 0.1) is 30.5 Å². The molecule has 0 aliphatic heterocycles. The van der Waals surface area contributed by atoms with E-state index < -0.39 is 36.2 Å². The summed E-state index contributed by atoms with van der Waals surface area (Å²) in [7, 11) is 2.63. The molecule has 1 heterocycles. The summed E-state index contributed by atoms with van der Waals surface area (Å²) in [6.07, 6.45) is -4.24. The molecule has 0 atom stereocenters. The molecule has 12 heteroatoms. The van der Waals surface area contributed by atoms with Crippen LogP contribution in [0.1, 0.15) is 44.6 Å². The molecule has 0 unspecified atom stereocenters. The van der Waals surface area contributed by atoms with Crippen LogP contribution >= 0.6 is 0 Å². The van der Waals surface area contributed by atoms with Crippen LogP contribution in [0.25, 0.3) is 0 Å². The molecular weight excluding hydrogens is 461 g/mol. The van der Waals surface area contributed by atoms with Crippen molar-refractivity contribution in [1.29, 1.82) is 0 Å². The predicted molar refractivity (Wildman–Crippen MR) is 114 cm³/mol. The van der Waals surface area contributed by atoms with Crippen molar-refractivity contribution in [1.82, 2.24) is 4.98 Å². The average Bonchev–Trinajstić information content (AvgIpc) is 3.13. The Kier molecular flexibility index (Phi) is 9.07. The second-order valence-electron chi connectivity index (χ2n) is 7.00. The normalized spacial score (nSPS) is 11.1. The Morgan fingerprint density at radius 2 is 1.79 bits per heavy atom. The summed E-state index contributed by atoms with van der Waals surface area (Å²) in [4.78, 5) is 39.6. The molecular formula is C22H25F3N2O7. The van der Waals surface area contributed by atoms with Gasteiger partial charge in [-0.05, 0) is 37.1 Å². The molecule has 0 aliphatic rings. The lowest BCUT2D eigenvalue weighted by Gasteiger charge is -2.15. The molecule has 186 valence electrons. The van der Waals surface area contributed by atoms with Gasteiger partial charge in [-0.2, -0.15) is 13.2 Å². The van der Waals surface area contributed by atoms with Crippen molar-refractivity contribution in [3.05, 3.63) is 46.3 Å². The van der Waals surface area contributed by atoms with Crippen LogP contribution in [0.3, 0.4) is 0 Å². The highest BCUT2D eigenvalue weighted by Gasteiger charge is 2.31. The number of carbonyl (C=O) groups is 3. The monoisotopic (exact) mass is 486 g/mol. The van der Waals surface area contributed by atoms with Crippen LogP contribution in [0.15, 0.2) is 18.2 Å². The SMILES string of the molecule is CCc1[nH]c(C(=O)OCC(=O)Nc2cc(C(F)(F)F)ccc2OCCOC)c(C)c1C(=O)OC. The van der Waals surface area contributed by atoms with Crippen LogP contribution in [0.5, 0.6) is 5.75 Å². The second kappa shape index (κ2) is 11.5. The van der Waals surface area contributed by atoms with Crippen LogP contribution in [0, 0.1) is 6.92 Å². The Morgan fingerprint density at radius 3 is 2.38 bits per heavy atom. The molecule has 0 saturated carbocycles. The summed E-state index contributed by atoms with van der Waals surface area (Å²) in [6, 6.07) is 2.60. The molecule has 0 saturated heterocycles. The number of hydrogen-bond donors (Lipinski definition) is 2. The maximum Gasteiger partial charge on any atom is 0.416 e. The number of esters is 2. The van der Waals surface area contributed by atoms with E-state index in [9.17, 15) is 27.6 Å². The summed E-state index contributed by atoms with van der Waals surface area (Å²) in [5.74, 6) is -2.45. The van der Waals surface area contributed by atoms with E-state index >= 15 is 0 Å². The van der Waals surface area contributed by atoms with E-state index in [1.807, 2.05) is 0 Å². The van der Waals surface area contributed by atoms with E-state index in [0.29, 0.717) is 23.7 Å². The number of nitrogens with one attached hydrogen (secondary N) is 2. The molecule has 0 spiro atoms. The van der Waals surface area contributed by atoms with Gasteiger partial charge in [-0.3, -0.25) is 4.79 Å². The Hall–Kier alpha value is -3.54. The molecule has 0 radical (unpaired) electrons. The van der Waals surface area contributed by atoms with E-state index in [4.69, 9.17) is 18.9 Å². The fourth-order valence-electron chi connectivity index (χ4n) is 3.06. The molecule has 0 fully saturated rings. The highest BCUT2D eigenvalue weighted by atomic mass is 19.4. The number of rotatable bonds is 10. The van der Waals surface area contributed by atoms with E-state index in [1.54, 1.807) is 6.92 Å². The molecule has 2 rings (SSSR count). The van der Waals surface area contributed by atoms with Crippen LogP contribution in [-0.2, 0) is 31.6 Å². The van der Waals surface area contributed by atoms with Crippen LogP contribution in [-0.4, -0.2) is 56.9 Å². The zero-order valence-corrected chi connectivity index (χ0v) is 19.1. The minimum absolute atomic E-state index is 0.0137. The number of aryl methyl sites for hydroxylation is 1. The third-order valence-electron chi connectivity index (χ3n) is 4.74. The third-order valence-corrected chi connectivity index (χ3v) is 4.74. The lowest BCUT2D eigenvalue weighted by Crippen LogP contribution is -2.22. The van der Waals surface area contributed by atoms with Crippen molar-refractivity contribution >= 4 is 23.5 Å². The van der Waals surface area contributed by atoms with Crippen LogP contribution in [0.4, 0.5) is 18.9 Å². The number of aromatic nitrogens is 1. The first-order valence-corrected chi connectivity index (χ1v) is 10.1. The standard InChI is InChI=1S/C22H25F3N2O7/c1-5-14-18(20(29)32-4)12(2)19(27-14)21(30)34-11-17(28)26-15-10-13(22(23,24)25)6-7-16(15)33-9-8-31-3/h6-7,10,27H,5,8-9,11H2,1-4H3,(H,26,28). The number of alkyl halides is 3. The van der Waals surface area contributed by atoms with E-state index in [2.05, 4.69) is 10.3 Å². The van der Waals surface area contributed by atoms with Crippen molar-refractivity contribution in [2.75, 3.05) is 39.4 Å². The Balaban J connectivity index is 2.14. The zero-order chi connectivity index (χ0) is 25.5. The fraction of sp³-hybridized carbons (Fsp3) is 0.409. The highest BCUT2D eigenvalue weighted by molar-refractivity contribution is 6.00. The number of amides is 1. The third kappa shape index (κ3) is 6.50. The van der Waals surface area contributed by atoms with Crippen LogP contribution < -0.4 is 10.1 Å². The summed E-state index contributed by atoms with van der Waals surface area (Å²) in [5.41, 5.74) is -0.327. The van der Waals surface area contributed by atoms with Crippen molar-refractivity contribution in [2.24, 2.45) is 0 Å². The van der Waals surface area contributed by atoms with Gasteiger partial charge in [0.1, 0.15) is 18.1 Å². The first-order valence-electron chi connectivity index (χ1n) is 10.1. The molecule has 1 aromatic carbocycles. The summed E-state index contributed by atoms with van der Waals surface area (Å²) >= 11 is 0. The first kappa shape index (κ1) is 26.7. The number of benzene rings is 1. The lowest BCUT2D eigenvalue weighted by molar-refractivity contribution is -0.137. The van der Waals surface area contributed by atoms with Gasteiger partial charge in [0.15, 0.2) is 6.61 Å². The van der Waals surface area contributed by atoms with Gasteiger partial charge in [0.25, 0.3) is 5.91 Å². The van der Waals surface area contributed by atoms with Crippen molar-refractivity contribution in [2.45, 2.75) is 26.4 Å². The Labute approximate surface area is 193 Å². The molecule has 2 N–H and O–H groups in total. The summed E-state index contributed by atoms with van der Waals surface area (Å²) in [6.45, 7) is 2.70. The average molecular weight is 486 g/mol. The van der Waals surface area contributed by atoms with Gasteiger partial charge in [-0.25, -0.2) is 9.59 Å². The van der Waals surface area contributed by atoms with Gasteiger partial charge in [-0.1, -0.05) is 6.92 Å².